The van der Waals surface area contributed by atoms with Gasteiger partial charge in [0.05, 0.1) is 0 Å². The summed E-state index contributed by atoms with van der Waals surface area (Å²) in [6.07, 6.45) is 9.99. The lowest BCUT2D eigenvalue weighted by Crippen LogP contribution is -2.44. The number of epoxide rings is 1. The highest BCUT2D eigenvalue weighted by molar-refractivity contribution is 5.89. The van der Waals surface area contributed by atoms with Gasteiger partial charge in [-0.2, -0.15) is 0 Å². The molecule has 2 heterocycles. The van der Waals surface area contributed by atoms with Crippen molar-refractivity contribution in [2.45, 2.75) is 50.5 Å². The van der Waals surface area contributed by atoms with E-state index in [0.29, 0.717) is 6.04 Å². The summed E-state index contributed by atoms with van der Waals surface area (Å²) in [6, 6.07) is 0.441. The second-order valence-electron chi connectivity index (χ2n) is 4.39. The third-order valence-corrected chi connectivity index (χ3v) is 3.43. The summed E-state index contributed by atoms with van der Waals surface area (Å²) in [7, 11) is 0. The molecule has 1 amide bonds. The van der Waals surface area contributed by atoms with Gasteiger partial charge in [0.25, 0.3) is 0 Å². The summed E-state index contributed by atoms with van der Waals surface area (Å²) in [5, 5.41) is 0. The molecule has 3 rings (SSSR count). The first-order valence-corrected chi connectivity index (χ1v) is 5.52. The van der Waals surface area contributed by atoms with E-state index in [0.717, 1.165) is 12.8 Å². The number of nitrogens with zero attached hydrogens (tertiary/aromatic N) is 1. The maximum Gasteiger partial charge on any atom is 0.248 e. The number of hydrogen-bond donors (Lipinski definition) is 0. The number of carbonyl (C=O) groups excluding carboxylic acids is 1. The molecule has 3 nitrogen and oxygen atoms in total. The number of rotatable bonds is 1. The lowest BCUT2D eigenvalue weighted by Gasteiger charge is -2.33. The van der Waals surface area contributed by atoms with Gasteiger partial charge in [-0.1, -0.05) is 19.3 Å². The lowest BCUT2D eigenvalue weighted by molar-refractivity contribution is -0.131. The minimum Gasteiger partial charge on any atom is -0.343 e. The van der Waals surface area contributed by atoms with E-state index in [9.17, 15) is 4.79 Å². The summed E-state index contributed by atoms with van der Waals surface area (Å²) in [5.41, 5.74) is 0. The van der Waals surface area contributed by atoms with Crippen molar-refractivity contribution in [2.75, 3.05) is 0 Å². The highest BCUT2D eigenvalue weighted by Gasteiger charge is 2.48. The average Bonchev–Trinajstić information content (AvgIpc) is 2.98. The van der Waals surface area contributed by atoms with Gasteiger partial charge in [0, 0.05) is 12.1 Å². The zero-order valence-electron chi connectivity index (χ0n) is 8.19. The molecule has 0 bridgehead atoms. The van der Waals surface area contributed by atoms with Gasteiger partial charge in [-0.15, -0.1) is 0 Å². The van der Waals surface area contributed by atoms with Gasteiger partial charge in [-0.3, -0.25) is 4.79 Å². The van der Waals surface area contributed by atoms with Crippen LogP contribution in [0.25, 0.3) is 0 Å². The van der Waals surface area contributed by atoms with Gasteiger partial charge in [0.2, 0.25) is 5.91 Å². The van der Waals surface area contributed by atoms with Gasteiger partial charge in [-0.25, -0.2) is 0 Å². The summed E-state index contributed by atoms with van der Waals surface area (Å²) in [6.45, 7) is 0. The molecule has 14 heavy (non-hydrogen) atoms. The third kappa shape index (κ3) is 1.27. The molecule has 3 heteroatoms. The van der Waals surface area contributed by atoms with Gasteiger partial charge >= 0.3 is 0 Å². The number of hydrogen-bond acceptors (Lipinski definition) is 2. The van der Waals surface area contributed by atoms with Gasteiger partial charge in [0.15, 0.2) is 6.23 Å². The number of fused-ring (bicyclic) bond motifs is 1. The number of ether oxygens (including phenoxy) is 1. The Balaban J connectivity index is 1.76. The van der Waals surface area contributed by atoms with Crippen LogP contribution in [0.3, 0.4) is 0 Å². The van der Waals surface area contributed by atoms with E-state index in [4.69, 9.17) is 4.74 Å². The Bertz CT molecular complexity index is 281. The fraction of sp³-hybridized carbons (Fsp3) is 0.727. The van der Waals surface area contributed by atoms with Crippen molar-refractivity contribution < 1.29 is 9.53 Å². The maximum absolute atomic E-state index is 11.7. The molecular weight excluding hydrogens is 178 g/mol. The van der Waals surface area contributed by atoms with E-state index in [1.54, 1.807) is 6.08 Å². The van der Waals surface area contributed by atoms with Crippen LogP contribution in [0.2, 0.25) is 0 Å². The Morgan fingerprint density at radius 2 is 2.07 bits per heavy atom. The molecule has 1 saturated heterocycles. The Kier molecular flexibility index (Phi) is 1.87. The number of carbonyl (C=O) groups is 1. The SMILES string of the molecule is O=C1C=CC2OC2N1C1CCCCC1. The van der Waals surface area contributed by atoms with Crippen molar-refractivity contribution in [1.82, 2.24) is 4.90 Å². The van der Waals surface area contributed by atoms with Crippen LogP contribution in [-0.2, 0) is 9.53 Å². The molecule has 2 atom stereocenters. The molecule has 1 saturated carbocycles. The normalized spacial score (nSPS) is 37.1. The van der Waals surface area contributed by atoms with E-state index in [1.807, 2.05) is 11.0 Å². The molecule has 0 N–H and O–H groups in total. The zero-order chi connectivity index (χ0) is 9.54. The topological polar surface area (TPSA) is 32.8 Å². The van der Waals surface area contributed by atoms with Crippen LogP contribution in [0.1, 0.15) is 32.1 Å². The maximum atomic E-state index is 11.7. The Morgan fingerprint density at radius 3 is 2.86 bits per heavy atom. The van der Waals surface area contributed by atoms with Crippen LogP contribution in [0.5, 0.6) is 0 Å². The first kappa shape index (κ1) is 8.48. The first-order valence-electron chi connectivity index (χ1n) is 5.52. The zero-order valence-corrected chi connectivity index (χ0v) is 8.19. The second kappa shape index (κ2) is 3.09. The summed E-state index contributed by atoms with van der Waals surface area (Å²) >= 11 is 0. The van der Waals surface area contributed by atoms with Crippen molar-refractivity contribution in [2.24, 2.45) is 0 Å². The molecule has 0 aromatic heterocycles. The van der Waals surface area contributed by atoms with Crippen molar-refractivity contribution in [1.29, 1.82) is 0 Å². The Morgan fingerprint density at radius 1 is 1.29 bits per heavy atom. The van der Waals surface area contributed by atoms with E-state index in [-0.39, 0.29) is 18.2 Å². The summed E-state index contributed by atoms with van der Waals surface area (Å²) in [5.74, 6) is 0.149. The predicted molar refractivity (Wildman–Crippen MR) is 51.5 cm³/mol. The van der Waals surface area contributed by atoms with E-state index in [2.05, 4.69) is 0 Å². The molecule has 0 aromatic rings. The molecular formula is C11H15NO2. The van der Waals surface area contributed by atoms with E-state index >= 15 is 0 Å². The molecule has 1 aliphatic carbocycles. The van der Waals surface area contributed by atoms with Crippen LogP contribution in [0.4, 0.5) is 0 Å². The minimum atomic E-state index is 0.0793. The van der Waals surface area contributed by atoms with Crippen molar-refractivity contribution in [3.05, 3.63) is 12.2 Å². The molecule has 2 aliphatic heterocycles. The molecule has 2 fully saturated rings. The van der Waals surface area contributed by atoms with Crippen LogP contribution in [-0.4, -0.2) is 29.2 Å². The smallest absolute Gasteiger partial charge is 0.248 e. The summed E-state index contributed by atoms with van der Waals surface area (Å²) in [4.78, 5) is 13.7. The molecule has 0 spiro atoms. The van der Waals surface area contributed by atoms with Crippen molar-refractivity contribution >= 4 is 5.91 Å². The van der Waals surface area contributed by atoms with Crippen LogP contribution >= 0.6 is 0 Å². The molecule has 76 valence electrons. The van der Waals surface area contributed by atoms with E-state index in [1.165, 1.54) is 19.3 Å². The Labute approximate surface area is 83.7 Å². The fourth-order valence-corrected chi connectivity index (χ4v) is 2.62. The highest BCUT2D eigenvalue weighted by Crippen LogP contribution is 2.36. The molecule has 2 unspecified atom stereocenters. The minimum absolute atomic E-state index is 0.0793. The third-order valence-electron chi connectivity index (χ3n) is 3.43. The molecule has 3 aliphatic rings. The molecule has 0 radical (unpaired) electrons. The summed E-state index contributed by atoms with van der Waals surface area (Å²) < 4.78 is 5.43. The second-order valence-corrected chi connectivity index (χ2v) is 4.39. The quantitative estimate of drug-likeness (QED) is 0.590. The lowest BCUT2D eigenvalue weighted by atomic mass is 9.93. The monoisotopic (exact) mass is 193 g/mol. The predicted octanol–water partition coefficient (Wildman–Crippen LogP) is 1.44. The molecule has 0 aromatic carbocycles. The van der Waals surface area contributed by atoms with Gasteiger partial charge in [0.1, 0.15) is 6.10 Å². The van der Waals surface area contributed by atoms with Gasteiger partial charge in [-0.05, 0) is 18.9 Å². The van der Waals surface area contributed by atoms with Crippen molar-refractivity contribution in [3.8, 4) is 0 Å². The Hall–Kier alpha value is -0.830. The first-order chi connectivity index (χ1) is 6.86. The largest absolute Gasteiger partial charge is 0.343 e. The average molecular weight is 193 g/mol. The fourth-order valence-electron chi connectivity index (χ4n) is 2.62. The standard InChI is InChI=1S/C11H15NO2/c13-10-7-6-9-11(14-9)12(10)8-4-2-1-3-5-8/h6-9,11H,1-5H2. The van der Waals surface area contributed by atoms with Crippen LogP contribution in [0, 0.1) is 0 Å². The van der Waals surface area contributed by atoms with Crippen LogP contribution in [0.15, 0.2) is 12.2 Å². The highest BCUT2D eigenvalue weighted by atomic mass is 16.6. The van der Waals surface area contributed by atoms with E-state index < -0.39 is 0 Å². The van der Waals surface area contributed by atoms with Crippen LogP contribution < -0.4 is 0 Å². The van der Waals surface area contributed by atoms with Crippen molar-refractivity contribution in [3.63, 3.8) is 0 Å². The van der Waals surface area contributed by atoms with Gasteiger partial charge < -0.3 is 9.64 Å². The number of amides is 1.